The fourth-order valence-corrected chi connectivity index (χ4v) is 4.14. The van der Waals surface area contributed by atoms with Crippen molar-refractivity contribution in [3.05, 3.63) is 33.8 Å². The number of benzene rings is 1. The van der Waals surface area contributed by atoms with E-state index in [-0.39, 0.29) is 0 Å². The number of halogens is 2. The first-order valence-corrected chi connectivity index (χ1v) is 8.68. The Morgan fingerprint density at radius 3 is 2.52 bits per heavy atom. The molecule has 1 fully saturated rings. The van der Waals surface area contributed by atoms with Crippen molar-refractivity contribution in [3.63, 3.8) is 0 Å². The van der Waals surface area contributed by atoms with Gasteiger partial charge in [-0.2, -0.15) is 0 Å². The summed E-state index contributed by atoms with van der Waals surface area (Å²) in [7, 11) is 2.03. The second kappa shape index (κ2) is 6.89. The molecular weight excluding hydrogens is 301 g/mol. The van der Waals surface area contributed by atoms with Crippen molar-refractivity contribution in [3.8, 4) is 0 Å². The Hall–Kier alpha value is -0.240. The zero-order chi connectivity index (χ0) is 15.6. The molecule has 0 amide bonds. The Morgan fingerprint density at radius 1 is 1.19 bits per heavy atom. The topological polar surface area (TPSA) is 12.0 Å². The Morgan fingerprint density at radius 2 is 1.90 bits per heavy atom. The number of hydrogen-bond donors (Lipinski definition) is 1. The van der Waals surface area contributed by atoms with Gasteiger partial charge in [-0.25, -0.2) is 0 Å². The van der Waals surface area contributed by atoms with Gasteiger partial charge in [0.15, 0.2) is 0 Å². The average Bonchev–Trinajstić information content (AvgIpc) is 2.41. The number of rotatable bonds is 3. The highest BCUT2D eigenvalue weighted by atomic mass is 35.5. The first kappa shape index (κ1) is 17.1. The average molecular weight is 328 g/mol. The predicted molar refractivity (Wildman–Crippen MR) is 93.4 cm³/mol. The van der Waals surface area contributed by atoms with Crippen molar-refractivity contribution < 1.29 is 0 Å². The van der Waals surface area contributed by atoms with Gasteiger partial charge < -0.3 is 5.32 Å². The lowest BCUT2D eigenvalue weighted by molar-refractivity contribution is 0.130. The van der Waals surface area contributed by atoms with E-state index in [9.17, 15) is 0 Å². The van der Waals surface area contributed by atoms with Crippen LogP contribution in [-0.4, -0.2) is 13.6 Å². The molecule has 0 heterocycles. The molecule has 1 saturated carbocycles. The van der Waals surface area contributed by atoms with Crippen LogP contribution < -0.4 is 5.32 Å². The molecule has 0 bridgehead atoms. The molecule has 1 N–H and O–H groups in total. The van der Waals surface area contributed by atoms with Crippen LogP contribution >= 0.6 is 23.2 Å². The smallest absolute Gasteiger partial charge is 0.0441 e. The summed E-state index contributed by atoms with van der Waals surface area (Å²) in [4.78, 5) is 0. The van der Waals surface area contributed by atoms with Gasteiger partial charge in [-0.3, -0.25) is 0 Å². The minimum atomic E-state index is 0.355. The van der Waals surface area contributed by atoms with Gasteiger partial charge in [0.05, 0.1) is 0 Å². The van der Waals surface area contributed by atoms with Gasteiger partial charge in [-0.1, -0.05) is 44.0 Å². The summed E-state index contributed by atoms with van der Waals surface area (Å²) in [6.45, 7) is 8.11. The summed E-state index contributed by atoms with van der Waals surface area (Å²) in [5.74, 6) is 1.89. The maximum Gasteiger partial charge on any atom is 0.0441 e. The van der Waals surface area contributed by atoms with Gasteiger partial charge in [-0.15, -0.1) is 0 Å². The fourth-order valence-electron chi connectivity index (χ4n) is 3.71. The molecule has 3 heteroatoms. The van der Waals surface area contributed by atoms with Crippen molar-refractivity contribution in [1.29, 1.82) is 0 Å². The van der Waals surface area contributed by atoms with Gasteiger partial charge in [0.25, 0.3) is 0 Å². The van der Waals surface area contributed by atoms with Crippen LogP contribution in [-0.2, 0) is 0 Å². The third-order valence-corrected chi connectivity index (χ3v) is 5.62. The highest BCUT2D eigenvalue weighted by Crippen LogP contribution is 2.48. The van der Waals surface area contributed by atoms with Crippen LogP contribution in [0.3, 0.4) is 0 Å². The second-order valence-corrected chi connectivity index (χ2v) is 8.31. The first-order valence-electron chi connectivity index (χ1n) is 7.92. The SMILES string of the molecule is CNCC1CCC(C(C)(C)C)CC1c1cc(Cl)ccc1Cl. The Labute approximate surface area is 139 Å². The molecule has 3 unspecified atom stereocenters. The van der Waals surface area contributed by atoms with E-state index >= 15 is 0 Å². The third-order valence-electron chi connectivity index (χ3n) is 5.04. The quantitative estimate of drug-likeness (QED) is 0.744. The van der Waals surface area contributed by atoms with Crippen LogP contribution in [0, 0.1) is 17.3 Å². The zero-order valence-corrected chi connectivity index (χ0v) is 15.1. The van der Waals surface area contributed by atoms with E-state index in [0.717, 1.165) is 22.5 Å². The van der Waals surface area contributed by atoms with Gasteiger partial charge in [0, 0.05) is 10.0 Å². The van der Waals surface area contributed by atoms with E-state index in [0.29, 0.717) is 17.3 Å². The van der Waals surface area contributed by atoms with E-state index in [1.165, 1.54) is 24.8 Å². The van der Waals surface area contributed by atoms with Gasteiger partial charge in [-0.05, 0) is 79.8 Å². The Balaban J connectivity index is 2.31. The maximum atomic E-state index is 6.48. The lowest BCUT2D eigenvalue weighted by Gasteiger charge is -2.42. The highest BCUT2D eigenvalue weighted by Gasteiger charge is 2.37. The van der Waals surface area contributed by atoms with Crippen LogP contribution in [0.2, 0.25) is 10.0 Å². The summed E-state index contributed by atoms with van der Waals surface area (Å²) in [6, 6.07) is 5.89. The van der Waals surface area contributed by atoms with E-state index in [4.69, 9.17) is 23.2 Å². The summed E-state index contributed by atoms with van der Waals surface area (Å²) >= 11 is 12.7. The van der Waals surface area contributed by atoms with Crippen LogP contribution in [0.1, 0.15) is 51.5 Å². The summed E-state index contributed by atoms with van der Waals surface area (Å²) in [5, 5.41) is 5.00. The number of nitrogens with one attached hydrogen (secondary N) is 1. The van der Waals surface area contributed by atoms with Gasteiger partial charge in [0.1, 0.15) is 0 Å². The summed E-state index contributed by atoms with van der Waals surface area (Å²) < 4.78 is 0. The molecule has 21 heavy (non-hydrogen) atoms. The molecule has 1 nitrogen and oxygen atoms in total. The molecule has 0 aromatic heterocycles. The minimum absolute atomic E-state index is 0.355. The lowest BCUT2D eigenvalue weighted by Crippen LogP contribution is -2.35. The van der Waals surface area contributed by atoms with Crippen LogP contribution in [0.4, 0.5) is 0 Å². The maximum absolute atomic E-state index is 6.48. The molecule has 0 spiro atoms. The minimum Gasteiger partial charge on any atom is -0.319 e. The number of hydrogen-bond acceptors (Lipinski definition) is 1. The van der Waals surface area contributed by atoms with E-state index in [1.807, 2.05) is 19.2 Å². The van der Waals surface area contributed by atoms with Crippen molar-refractivity contribution >= 4 is 23.2 Å². The Kier molecular flexibility index (Phi) is 5.62. The van der Waals surface area contributed by atoms with Crippen LogP contribution in [0.15, 0.2) is 18.2 Å². The van der Waals surface area contributed by atoms with Gasteiger partial charge >= 0.3 is 0 Å². The predicted octanol–water partition coefficient (Wildman–Crippen LogP) is 5.76. The lowest BCUT2D eigenvalue weighted by atomic mass is 9.64. The fraction of sp³-hybridized carbons (Fsp3) is 0.667. The highest BCUT2D eigenvalue weighted by molar-refractivity contribution is 6.33. The van der Waals surface area contributed by atoms with E-state index in [1.54, 1.807) is 0 Å². The van der Waals surface area contributed by atoms with Crippen molar-refractivity contribution in [2.75, 3.05) is 13.6 Å². The first-order chi connectivity index (χ1) is 9.82. The third kappa shape index (κ3) is 4.15. The van der Waals surface area contributed by atoms with Gasteiger partial charge in [0.2, 0.25) is 0 Å². The standard InChI is InChI=1S/C18H27Cl2N/c1-18(2,3)13-6-5-12(11-21-4)15(9-13)16-10-14(19)7-8-17(16)20/h7-8,10,12-13,15,21H,5-6,9,11H2,1-4H3. The summed E-state index contributed by atoms with van der Waals surface area (Å²) in [6.07, 6.45) is 3.77. The Bertz CT molecular complexity index is 479. The molecular formula is C18H27Cl2N. The molecule has 0 saturated heterocycles. The van der Waals surface area contributed by atoms with Crippen molar-refractivity contribution in [2.24, 2.45) is 17.3 Å². The monoisotopic (exact) mass is 327 g/mol. The molecule has 1 aliphatic carbocycles. The largest absolute Gasteiger partial charge is 0.319 e. The van der Waals surface area contributed by atoms with E-state index < -0.39 is 0 Å². The molecule has 2 rings (SSSR count). The zero-order valence-electron chi connectivity index (χ0n) is 13.5. The van der Waals surface area contributed by atoms with Crippen LogP contribution in [0.5, 0.6) is 0 Å². The molecule has 3 atom stereocenters. The summed E-state index contributed by atoms with van der Waals surface area (Å²) in [5.41, 5.74) is 1.59. The molecule has 0 aliphatic heterocycles. The second-order valence-electron chi connectivity index (χ2n) is 7.47. The molecule has 1 aromatic rings. The molecule has 0 radical (unpaired) electrons. The molecule has 1 aliphatic rings. The molecule has 118 valence electrons. The van der Waals surface area contributed by atoms with Crippen molar-refractivity contribution in [1.82, 2.24) is 5.32 Å². The van der Waals surface area contributed by atoms with Crippen molar-refractivity contribution in [2.45, 2.75) is 46.0 Å². The molecule has 1 aromatic carbocycles. The normalized spacial score (nSPS) is 26.9. The van der Waals surface area contributed by atoms with E-state index in [2.05, 4.69) is 32.2 Å². The van der Waals surface area contributed by atoms with Crippen LogP contribution in [0.25, 0.3) is 0 Å².